The van der Waals surface area contributed by atoms with Crippen molar-refractivity contribution in [2.45, 2.75) is 6.92 Å². The second-order valence-electron chi connectivity index (χ2n) is 0.979. The smallest absolute Gasteiger partial charge is 0.132 e. The van der Waals surface area contributed by atoms with Gasteiger partial charge in [0.2, 0.25) is 0 Å². The van der Waals surface area contributed by atoms with Crippen LogP contribution in [-0.4, -0.2) is 18.8 Å². The maximum atomic E-state index is 3.85. The minimum absolute atomic E-state index is 0.729. The van der Waals surface area contributed by atoms with Crippen molar-refractivity contribution in [2.24, 2.45) is 9.39 Å². The van der Waals surface area contributed by atoms with Crippen LogP contribution in [0.2, 0.25) is 0 Å². The summed E-state index contributed by atoms with van der Waals surface area (Å²) in [5.41, 5.74) is 0. The third-order valence-corrected chi connectivity index (χ3v) is 0.899. The Balaban J connectivity index is 3.49. The second kappa shape index (κ2) is 3.87. The molecule has 40 valence electrons. The molecule has 0 amide bonds. The van der Waals surface area contributed by atoms with Gasteiger partial charge in [0.05, 0.1) is 0 Å². The van der Waals surface area contributed by atoms with Crippen LogP contribution in [0.5, 0.6) is 0 Å². The third kappa shape index (κ3) is 3.52. The number of hydrogen-bond donors (Lipinski definition) is 0. The van der Waals surface area contributed by atoms with Gasteiger partial charge in [-0.25, -0.2) is 9.39 Å². The molecular formula is C4H8N2S. The second-order valence-corrected chi connectivity index (χ2v) is 1.53. The van der Waals surface area contributed by atoms with Crippen molar-refractivity contribution >= 4 is 24.5 Å². The van der Waals surface area contributed by atoms with Gasteiger partial charge in [-0.3, -0.25) is 0 Å². The van der Waals surface area contributed by atoms with Gasteiger partial charge in [0, 0.05) is 6.26 Å². The molecule has 3 heteroatoms. The monoisotopic (exact) mass is 116 g/mol. The van der Waals surface area contributed by atoms with Gasteiger partial charge in [-0.05, 0) is 25.6 Å². The normalized spacial score (nSPS) is 11.4. The Hall–Kier alpha value is -0.310. The maximum Gasteiger partial charge on any atom is 0.132 e. The van der Waals surface area contributed by atoms with Crippen LogP contribution >= 0.6 is 11.9 Å². The summed E-state index contributed by atoms with van der Waals surface area (Å²) in [6, 6.07) is 0. The molecule has 0 aromatic rings. The molecule has 0 rings (SSSR count). The summed E-state index contributed by atoms with van der Waals surface area (Å²) in [5, 5.41) is 0. The van der Waals surface area contributed by atoms with Crippen LogP contribution < -0.4 is 0 Å². The third-order valence-electron chi connectivity index (χ3n) is 0.452. The Morgan fingerprint density at radius 1 is 1.71 bits per heavy atom. The van der Waals surface area contributed by atoms with Crippen molar-refractivity contribution in [3.63, 3.8) is 0 Å². The Labute approximate surface area is 47.9 Å². The highest BCUT2D eigenvalue weighted by Gasteiger charge is 1.75. The van der Waals surface area contributed by atoms with Crippen LogP contribution in [0, 0.1) is 0 Å². The van der Waals surface area contributed by atoms with Gasteiger partial charge < -0.3 is 0 Å². The summed E-state index contributed by atoms with van der Waals surface area (Å²) < 4.78 is 3.85. The molecular weight excluding hydrogens is 108 g/mol. The van der Waals surface area contributed by atoms with Crippen LogP contribution in [0.15, 0.2) is 9.39 Å². The van der Waals surface area contributed by atoms with E-state index in [1.54, 1.807) is 0 Å². The first-order valence-corrected chi connectivity index (χ1v) is 3.04. The average Bonchev–Trinajstić information content (AvgIpc) is 1.68. The van der Waals surface area contributed by atoms with Crippen molar-refractivity contribution in [3.05, 3.63) is 0 Å². The van der Waals surface area contributed by atoms with E-state index in [1.165, 1.54) is 11.9 Å². The van der Waals surface area contributed by atoms with Gasteiger partial charge in [0.25, 0.3) is 0 Å². The van der Waals surface area contributed by atoms with Crippen LogP contribution in [0.25, 0.3) is 0 Å². The topological polar surface area (TPSA) is 24.7 Å². The van der Waals surface area contributed by atoms with E-state index in [2.05, 4.69) is 16.1 Å². The summed E-state index contributed by atoms with van der Waals surface area (Å²) in [7, 11) is 0. The average molecular weight is 116 g/mol. The van der Waals surface area contributed by atoms with Crippen molar-refractivity contribution in [2.75, 3.05) is 6.26 Å². The van der Waals surface area contributed by atoms with Crippen molar-refractivity contribution in [1.82, 2.24) is 0 Å². The van der Waals surface area contributed by atoms with E-state index in [-0.39, 0.29) is 0 Å². The molecule has 0 saturated heterocycles. The van der Waals surface area contributed by atoms with Gasteiger partial charge in [-0.15, -0.1) is 0 Å². The lowest BCUT2D eigenvalue weighted by molar-refractivity contribution is 1.61. The predicted molar refractivity (Wildman–Crippen MR) is 36.2 cm³/mol. The standard InChI is InChI=1S/C4H8N2S/c1-4(5-2)6-7-3/h2H2,1,3H3. The first-order chi connectivity index (χ1) is 3.31. The first kappa shape index (κ1) is 6.69. The zero-order valence-corrected chi connectivity index (χ0v) is 5.33. The Kier molecular flexibility index (Phi) is 3.69. The molecule has 0 fully saturated rings. The molecule has 0 heterocycles. The van der Waals surface area contributed by atoms with Crippen LogP contribution in [-0.2, 0) is 0 Å². The van der Waals surface area contributed by atoms with Gasteiger partial charge >= 0.3 is 0 Å². The summed E-state index contributed by atoms with van der Waals surface area (Å²) in [4.78, 5) is 3.56. The molecule has 0 aliphatic heterocycles. The summed E-state index contributed by atoms with van der Waals surface area (Å²) in [6.07, 6.45) is 1.88. The largest absolute Gasteiger partial charge is 0.249 e. The Bertz CT molecular complexity index is 87.7. The fourth-order valence-corrected chi connectivity index (χ4v) is 0.483. The molecule has 0 aromatic carbocycles. The number of aliphatic imine (C=N–C) groups is 1. The van der Waals surface area contributed by atoms with E-state index in [1.807, 2.05) is 13.2 Å². The molecule has 0 aromatic heterocycles. The van der Waals surface area contributed by atoms with Crippen LogP contribution in [0.4, 0.5) is 0 Å². The first-order valence-electron chi connectivity index (χ1n) is 1.85. The van der Waals surface area contributed by atoms with E-state index >= 15 is 0 Å². The summed E-state index contributed by atoms with van der Waals surface area (Å²) in [6.45, 7) is 5.09. The highest BCUT2D eigenvalue weighted by Crippen LogP contribution is 1.93. The van der Waals surface area contributed by atoms with Crippen molar-refractivity contribution < 1.29 is 0 Å². The minimum Gasteiger partial charge on any atom is -0.249 e. The number of nitrogens with zero attached hydrogens (tertiary/aromatic N) is 2. The minimum atomic E-state index is 0.729. The molecule has 0 spiro atoms. The lowest BCUT2D eigenvalue weighted by Crippen LogP contribution is -1.77. The molecule has 0 aliphatic carbocycles. The lowest BCUT2D eigenvalue weighted by atomic mass is 10.7. The van der Waals surface area contributed by atoms with E-state index in [4.69, 9.17) is 0 Å². The highest BCUT2D eigenvalue weighted by molar-refractivity contribution is 7.97. The molecule has 0 radical (unpaired) electrons. The molecule has 0 atom stereocenters. The molecule has 0 N–H and O–H groups in total. The molecule has 0 saturated carbocycles. The van der Waals surface area contributed by atoms with E-state index in [0.717, 1.165) is 5.84 Å². The Morgan fingerprint density at radius 3 is 2.43 bits per heavy atom. The van der Waals surface area contributed by atoms with E-state index in [9.17, 15) is 0 Å². The molecule has 0 unspecified atom stereocenters. The fraction of sp³-hybridized carbons (Fsp3) is 0.500. The molecule has 2 nitrogen and oxygen atoms in total. The van der Waals surface area contributed by atoms with E-state index < -0.39 is 0 Å². The summed E-state index contributed by atoms with van der Waals surface area (Å²) in [5.74, 6) is 0.729. The van der Waals surface area contributed by atoms with Gasteiger partial charge in [-0.2, -0.15) is 0 Å². The molecule has 0 bridgehead atoms. The zero-order valence-electron chi connectivity index (χ0n) is 4.51. The fourth-order valence-electron chi connectivity index (χ4n) is 0.161. The zero-order chi connectivity index (χ0) is 5.70. The highest BCUT2D eigenvalue weighted by atomic mass is 32.2. The predicted octanol–water partition coefficient (Wildman–Crippen LogP) is 1.38. The SMILES string of the molecule is C=NC(C)=NSC. The van der Waals surface area contributed by atoms with E-state index in [0.29, 0.717) is 0 Å². The summed E-state index contributed by atoms with van der Waals surface area (Å²) >= 11 is 1.39. The van der Waals surface area contributed by atoms with Gasteiger partial charge in [-0.1, -0.05) is 0 Å². The van der Waals surface area contributed by atoms with Gasteiger partial charge in [0.15, 0.2) is 0 Å². The molecule has 0 aliphatic rings. The van der Waals surface area contributed by atoms with Crippen molar-refractivity contribution in [1.29, 1.82) is 0 Å². The van der Waals surface area contributed by atoms with Crippen molar-refractivity contribution in [3.8, 4) is 0 Å². The van der Waals surface area contributed by atoms with Crippen LogP contribution in [0.1, 0.15) is 6.92 Å². The van der Waals surface area contributed by atoms with Crippen LogP contribution in [0.3, 0.4) is 0 Å². The quantitative estimate of drug-likeness (QED) is 0.288. The maximum absolute atomic E-state index is 3.85. The number of rotatable bonds is 1. The Morgan fingerprint density at radius 2 is 2.29 bits per heavy atom. The van der Waals surface area contributed by atoms with Gasteiger partial charge in [0.1, 0.15) is 5.84 Å². The number of amidine groups is 1. The number of hydrogen-bond acceptors (Lipinski definition) is 2. The molecule has 7 heavy (non-hydrogen) atoms. The lowest BCUT2D eigenvalue weighted by Gasteiger charge is -1.81.